The van der Waals surface area contributed by atoms with Gasteiger partial charge in [0.25, 0.3) is 10.9 Å². The highest BCUT2D eigenvalue weighted by molar-refractivity contribution is 5.74. The van der Waals surface area contributed by atoms with E-state index in [1.54, 1.807) is 7.11 Å². The van der Waals surface area contributed by atoms with E-state index in [0.29, 0.717) is 50.5 Å². The van der Waals surface area contributed by atoms with E-state index in [0.717, 1.165) is 135 Å². The zero-order valence-electron chi connectivity index (χ0n) is 34.5. The minimum atomic E-state index is -0.463. The molecule has 1 unspecified atom stereocenters. The lowest BCUT2D eigenvalue weighted by atomic mass is 10.1. The molecule has 1 rings (SSSR count). The molecule has 10 heteroatoms. The average molecular weight is 750 g/mol. The number of carbonyl (C=O) groups is 2. The quantitative estimate of drug-likeness (QED) is 0.0382. The Hall–Kier alpha value is -2.46. The largest absolute Gasteiger partial charge is 0.466 e. The average Bonchev–Trinajstić information content (AvgIpc) is 3.15. The number of methoxy groups -OCH3 is 1. The molecule has 0 aliphatic heterocycles. The highest BCUT2D eigenvalue weighted by atomic mass is 16.5. The van der Waals surface area contributed by atoms with Gasteiger partial charge < -0.3 is 29.7 Å². The van der Waals surface area contributed by atoms with Crippen LogP contribution in [0, 0.1) is 0 Å². The van der Waals surface area contributed by atoms with Gasteiger partial charge in [0.1, 0.15) is 17.5 Å². The number of rotatable bonds is 39. The van der Waals surface area contributed by atoms with Crippen LogP contribution in [-0.4, -0.2) is 76.0 Å². The van der Waals surface area contributed by atoms with Gasteiger partial charge in [0.05, 0.1) is 13.2 Å². The third-order valence-corrected chi connectivity index (χ3v) is 10.0. The highest BCUT2D eigenvalue weighted by Crippen LogP contribution is 2.17. The molecule has 53 heavy (non-hydrogen) atoms. The van der Waals surface area contributed by atoms with E-state index in [4.69, 9.17) is 14.2 Å². The number of nitrogens with one attached hydrogen (secondary N) is 2. The second-order valence-electron chi connectivity index (χ2n) is 14.9. The van der Waals surface area contributed by atoms with Gasteiger partial charge in [0.2, 0.25) is 0 Å². The maximum atomic E-state index is 12.5. The zero-order chi connectivity index (χ0) is 38.8. The molecular weight excluding hydrogens is 670 g/mol. The summed E-state index contributed by atoms with van der Waals surface area (Å²) in [5.41, 5.74) is -0.147. The van der Waals surface area contributed by atoms with E-state index >= 15 is 0 Å². The minimum absolute atomic E-state index is 0.0305. The first-order chi connectivity index (χ1) is 25.9. The Labute approximate surface area is 322 Å². The van der Waals surface area contributed by atoms with Crippen LogP contribution in [0.3, 0.4) is 0 Å². The van der Waals surface area contributed by atoms with E-state index in [2.05, 4.69) is 36.3 Å². The lowest BCUT2D eigenvalue weighted by molar-refractivity contribution is -0.150. The summed E-state index contributed by atoms with van der Waals surface area (Å²) in [5, 5.41) is 6.20. The Balaban J connectivity index is 2.39. The van der Waals surface area contributed by atoms with Gasteiger partial charge in [0.15, 0.2) is 0 Å². The number of ether oxygens (including phenoxy) is 3. The van der Waals surface area contributed by atoms with Crippen molar-refractivity contribution < 1.29 is 23.8 Å². The second-order valence-corrected chi connectivity index (χ2v) is 14.9. The van der Waals surface area contributed by atoms with Gasteiger partial charge >= 0.3 is 11.9 Å². The molecule has 0 fully saturated rings. The summed E-state index contributed by atoms with van der Waals surface area (Å²) < 4.78 is 16.3. The smallest absolute Gasteiger partial charge is 0.306 e. The number of hydrogen-bond acceptors (Lipinski definition) is 10. The molecule has 1 aromatic carbocycles. The molecule has 2 N–H and O–H groups in total. The molecule has 1 atom stereocenters. The molecule has 1 aromatic rings. The van der Waals surface area contributed by atoms with Gasteiger partial charge in [-0.1, -0.05) is 111 Å². The molecule has 0 saturated carbocycles. The van der Waals surface area contributed by atoms with Crippen LogP contribution in [0.25, 0.3) is 0 Å². The van der Waals surface area contributed by atoms with E-state index in [9.17, 15) is 19.2 Å². The minimum Gasteiger partial charge on any atom is -0.466 e. The summed E-state index contributed by atoms with van der Waals surface area (Å²) in [6.07, 6.45) is 26.1. The summed E-state index contributed by atoms with van der Waals surface area (Å²) >= 11 is 0. The fourth-order valence-electron chi connectivity index (χ4n) is 6.65. The van der Waals surface area contributed by atoms with E-state index < -0.39 is 10.9 Å². The van der Waals surface area contributed by atoms with Crippen LogP contribution in [0.2, 0.25) is 0 Å². The van der Waals surface area contributed by atoms with Crippen molar-refractivity contribution in [3.63, 3.8) is 0 Å². The first-order valence-corrected chi connectivity index (χ1v) is 21.7. The molecule has 0 aliphatic carbocycles. The maximum Gasteiger partial charge on any atom is 0.306 e. The maximum absolute atomic E-state index is 12.5. The summed E-state index contributed by atoms with van der Waals surface area (Å²) in [6, 6.07) is 0. The van der Waals surface area contributed by atoms with Gasteiger partial charge in [-0.3, -0.25) is 19.2 Å². The van der Waals surface area contributed by atoms with Crippen molar-refractivity contribution >= 4 is 23.3 Å². The lowest BCUT2D eigenvalue weighted by Gasteiger charge is -2.23. The number of anilines is 2. The van der Waals surface area contributed by atoms with Crippen molar-refractivity contribution in [1.82, 2.24) is 4.90 Å². The normalized spacial score (nSPS) is 12.0. The topological polar surface area (TPSA) is 123 Å². The number of esters is 2. The Morgan fingerprint density at radius 3 is 1.66 bits per heavy atom. The number of nitrogens with zero attached hydrogens (tertiary/aromatic N) is 1. The fourth-order valence-corrected chi connectivity index (χ4v) is 6.65. The van der Waals surface area contributed by atoms with Crippen molar-refractivity contribution in [1.29, 1.82) is 0 Å². The van der Waals surface area contributed by atoms with E-state index in [1.807, 2.05) is 0 Å². The van der Waals surface area contributed by atoms with Crippen molar-refractivity contribution in [2.24, 2.45) is 0 Å². The SMILES string of the molecule is CCCCCCCOC(=O)CCCCCCCN(CCCCCCCC(=O)OC(CCCC)CCCCC)CCCNc1c(NCCOC)c(=O)c1=O. The van der Waals surface area contributed by atoms with Crippen LogP contribution in [-0.2, 0) is 23.8 Å². The number of carbonyl (C=O) groups excluding carboxylic acids is 2. The van der Waals surface area contributed by atoms with E-state index in [1.165, 1.54) is 32.1 Å². The molecule has 0 heterocycles. The molecule has 0 bridgehead atoms. The highest BCUT2D eigenvalue weighted by Gasteiger charge is 2.20. The van der Waals surface area contributed by atoms with Crippen LogP contribution in [0.1, 0.15) is 181 Å². The van der Waals surface area contributed by atoms with Crippen LogP contribution in [0.5, 0.6) is 0 Å². The van der Waals surface area contributed by atoms with Crippen LogP contribution < -0.4 is 21.5 Å². The predicted molar refractivity (Wildman–Crippen MR) is 220 cm³/mol. The molecule has 0 saturated heterocycles. The first kappa shape index (κ1) is 48.6. The molecule has 10 nitrogen and oxygen atoms in total. The Kier molecular flexibility index (Phi) is 31.2. The summed E-state index contributed by atoms with van der Waals surface area (Å²) in [4.78, 5) is 51.2. The van der Waals surface area contributed by atoms with Gasteiger partial charge in [0, 0.05) is 33.0 Å². The van der Waals surface area contributed by atoms with Crippen molar-refractivity contribution in [3.8, 4) is 0 Å². The van der Waals surface area contributed by atoms with Crippen molar-refractivity contribution in [3.05, 3.63) is 20.4 Å². The molecule has 0 spiro atoms. The van der Waals surface area contributed by atoms with Crippen molar-refractivity contribution in [2.75, 3.05) is 63.7 Å². The summed E-state index contributed by atoms with van der Waals surface area (Å²) in [6.45, 7) is 11.7. The Bertz CT molecular complexity index is 1100. The third kappa shape index (κ3) is 25.3. The molecule has 308 valence electrons. The van der Waals surface area contributed by atoms with E-state index in [-0.39, 0.29) is 18.0 Å². The third-order valence-electron chi connectivity index (χ3n) is 10.0. The summed E-state index contributed by atoms with van der Waals surface area (Å²) in [5.74, 6) is -0.0900. The van der Waals surface area contributed by atoms with Crippen LogP contribution in [0.4, 0.5) is 11.4 Å². The number of hydrogen-bond donors (Lipinski definition) is 2. The monoisotopic (exact) mass is 750 g/mol. The number of unbranched alkanes of at least 4 members (excludes halogenated alkanes) is 15. The standard InChI is InChI=1S/C43H79N3O7/c1-5-8-11-18-24-35-52-38(47)28-20-14-12-16-22-32-46(34-25-30-44-40-41(43(50)42(40)49)45-31-36-51-4)33-23-17-13-15-21-29-39(48)53-37(26-10-7-3)27-19-9-6-2/h37,44-45H,5-36H2,1-4H3. The van der Waals surface area contributed by atoms with Crippen LogP contribution >= 0.6 is 0 Å². The lowest BCUT2D eigenvalue weighted by Crippen LogP contribution is -2.38. The molecule has 0 aromatic heterocycles. The van der Waals surface area contributed by atoms with Crippen LogP contribution in [0.15, 0.2) is 9.59 Å². The van der Waals surface area contributed by atoms with Crippen molar-refractivity contribution in [2.45, 2.75) is 187 Å². The fraction of sp³-hybridized carbons (Fsp3) is 0.860. The van der Waals surface area contributed by atoms with Gasteiger partial charge in [-0.2, -0.15) is 0 Å². The predicted octanol–water partition coefficient (Wildman–Crippen LogP) is 9.32. The molecule has 0 amide bonds. The first-order valence-electron chi connectivity index (χ1n) is 21.7. The molecular formula is C43H79N3O7. The Morgan fingerprint density at radius 2 is 1.04 bits per heavy atom. The Morgan fingerprint density at radius 1 is 0.547 bits per heavy atom. The molecule has 0 radical (unpaired) electrons. The van der Waals surface area contributed by atoms with Gasteiger partial charge in [-0.15, -0.1) is 0 Å². The zero-order valence-corrected chi connectivity index (χ0v) is 34.5. The summed E-state index contributed by atoms with van der Waals surface area (Å²) in [7, 11) is 1.60. The second kappa shape index (κ2) is 34.1. The van der Waals surface area contributed by atoms with Gasteiger partial charge in [-0.05, 0) is 77.4 Å². The molecule has 0 aliphatic rings. The van der Waals surface area contributed by atoms with Gasteiger partial charge in [-0.25, -0.2) is 0 Å².